The van der Waals surface area contributed by atoms with E-state index in [0.29, 0.717) is 5.56 Å². The van der Waals surface area contributed by atoms with Gasteiger partial charge in [0.15, 0.2) is 0 Å². The molecule has 0 aliphatic carbocycles. The Morgan fingerprint density at radius 3 is 2.41 bits per heavy atom. The van der Waals surface area contributed by atoms with Crippen LogP contribution >= 0.6 is 0 Å². The third kappa shape index (κ3) is 4.79. The van der Waals surface area contributed by atoms with E-state index in [-0.39, 0.29) is 5.69 Å². The maximum atomic E-state index is 12.3. The van der Waals surface area contributed by atoms with Gasteiger partial charge in [0.2, 0.25) is 0 Å². The minimum absolute atomic E-state index is 0.0762. The van der Waals surface area contributed by atoms with Crippen molar-refractivity contribution in [2.75, 3.05) is 23.7 Å². The number of halogens is 3. The Bertz CT molecular complexity index is 623. The summed E-state index contributed by atoms with van der Waals surface area (Å²) < 4.78 is 63.3. The molecule has 1 aromatic carbocycles. The van der Waals surface area contributed by atoms with Gasteiger partial charge in [0, 0.05) is 18.8 Å². The van der Waals surface area contributed by atoms with Gasteiger partial charge in [-0.2, -0.15) is 13.2 Å². The van der Waals surface area contributed by atoms with E-state index in [4.69, 9.17) is 0 Å². The molecule has 1 aliphatic rings. The van der Waals surface area contributed by atoms with E-state index >= 15 is 0 Å². The smallest absolute Gasteiger partial charge is 0.401 e. The van der Waals surface area contributed by atoms with Crippen molar-refractivity contribution in [3.05, 3.63) is 28.5 Å². The van der Waals surface area contributed by atoms with E-state index in [9.17, 15) is 21.6 Å². The van der Waals surface area contributed by atoms with Crippen molar-refractivity contribution in [2.24, 2.45) is 0 Å². The van der Waals surface area contributed by atoms with Crippen LogP contribution in [0, 0.1) is 6.92 Å². The van der Waals surface area contributed by atoms with Crippen molar-refractivity contribution in [2.45, 2.75) is 32.4 Å². The van der Waals surface area contributed by atoms with Crippen LogP contribution in [0.2, 0.25) is 0 Å². The Labute approximate surface area is 128 Å². The summed E-state index contributed by atoms with van der Waals surface area (Å²) in [6, 6.07) is 5.08. The fourth-order valence-electron chi connectivity index (χ4n) is 2.43. The molecule has 0 aromatic heterocycles. The van der Waals surface area contributed by atoms with Gasteiger partial charge in [0.1, 0.15) is 15.8 Å². The summed E-state index contributed by atoms with van der Waals surface area (Å²) in [4.78, 5) is 2.10. The van der Waals surface area contributed by atoms with E-state index in [1.54, 1.807) is 19.1 Å². The van der Waals surface area contributed by atoms with Crippen LogP contribution in [0.4, 0.5) is 24.5 Å². The lowest BCUT2D eigenvalue weighted by molar-refractivity contribution is -0.106. The predicted octanol–water partition coefficient (Wildman–Crippen LogP) is 3.88. The summed E-state index contributed by atoms with van der Waals surface area (Å²) in [6.07, 6.45) is -1.54. The molecule has 1 aromatic rings. The number of piperidine rings is 1. The number of hydrogen-bond donors (Lipinski definition) is 0. The number of benzene rings is 1. The number of sulfonamides is 1. The van der Waals surface area contributed by atoms with Gasteiger partial charge in [0.25, 0.3) is 0 Å². The predicted molar refractivity (Wildman–Crippen MR) is 80.1 cm³/mol. The molecule has 0 saturated carbocycles. The fourth-order valence-corrected chi connectivity index (χ4v) is 3.41. The topological polar surface area (TPSA) is 51.5 Å². The number of rotatable bonds is 4. The summed E-state index contributed by atoms with van der Waals surface area (Å²) in [5.41, 5.74) is 1.41. The van der Waals surface area contributed by atoms with Crippen LogP contribution in [0.3, 0.4) is 0 Å². The molecule has 2 rings (SSSR count). The van der Waals surface area contributed by atoms with Crippen LogP contribution in [0.15, 0.2) is 18.2 Å². The zero-order chi connectivity index (χ0) is 16.4. The van der Waals surface area contributed by atoms with Crippen molar-refractivity contribution in [1.82, 2.24) is 0 Å². The maximum absolute atomic E-state index is 12.3. The van der Waals surface area contributed by atoms with Crippen LogP contribution in [0.25, 0.3) is 4.72 Å². The van der Waals surface area contributed by atoms with Gasteiger partial charge in [-0.3, -0.25) is 0 Å². The minimum atomic E-state index is -4.79. The second-order valence-electron chi connectivity index (χ2n) is 5.45. The number of alkyl halides is 3. The Morgan fingerprint density at radius 1 is 1.18 bits per heavy atom. The fraction of sp³-hybridized carbons (Fsp3) is 0.571. The third-order valence-electron chi connectivity index (χ3n) is 3.50. The first-order valence-electron chi connectivity index (χ1n) is 7.04. The largest absolute Gasteiger partial charge is 0.576 e. The molecule has 8 heteroatoms. The maximum Gasteiger partial charge on any atom is 0.401 e. The highest BCUT2D eigenvalue weighted by Gasteiger charge is 2.31. The standard InChI is InChI=1S/C14H18F3N2O2S/c1-11-5-6-12(19-7-3-2-4-8-19)9-13(11)18-22(20,21)10-14(15,16)17/h5-6,9H,2-4,7-8,10H2,1H3/q-1. The first-order chi connectivity index (χ1) is 10.2. The number of anilines is 1. The molecule has 0 N–H and O–H groups in total. The van der Waals surface area contributed by atoms with E-state index in [0.717, 1.165) is 38.0 Å². The van der Waals surface area contributed by atoms with Crippen LogP contribution in [0.5, 0.6) is 0 Å². The van der Waals surface area contributed by atoms with Crippen LogP contribution in [-0.4, -0.2) is 33.4 Å². The second kappa shape index (κ2) is 6.36. The molecule has 1 saturated heterocycles. The average molecular weight is 335 g/mol. The Kier molecular flexibility index (Phi) is 4.89. The van der Waals surface area contributed by atoms with Crippen molar-refractivity contribution < 1.29 is 21.6 Å². The highest BCUT2D eigenvalue weighted by atomic mass is 32.2. The summed E-state index contributed by atoms with van der Waals surface area (Å²) in [5, 5.41) is 0. The van der Waals surface area contributed by atoms with Crippen LogP contribution in [0.1, 0.15) is 24.8 Å². The molecule has 0 atom stereocenters. The van der Waals surface area contributed by atoms with Gasteiger partial charge < -0.3 is 9.62 Å². The first kappa shape index (κ1) is 16.9. The summed E-state index contributed by atoms with van der Waals surface area (Å²) in [7, 11) is -4.58. The van der Waals surface area contributed by atoms with Crippen molar-refractivity contribution in [3.63, 3.8) is 0 Å². The summed E-state index contributed by atoms with van der Waals surface area (Å²) in [6.45, 7) is 3.34. The molecule has 1 heterocycles. The molecule has 1 aliphatic heterocycles. The highest BCUT2D eigenvalue weighted by Crippen LogP contribution is 2.34. The molecular weight excluding hydrogens is 317 g/mol. The summed E-state index contributed by atoms with van der Waals surface area (Å²) >= 11 is 0. The van der Waals surface area contributed by atoms with Gasteiger partial charge in [-0.25, -0.2) is 8.42 Å². The Hall–Kier alpha value is -1.44. The Morgan fingerprint density at radius 2 is 1.82 bits per heavy atom. The lowest BCUT2D eigenvalue weighted by Crippen LogP contribution is -2.29. The highest BCUT2D eigenvalue weighted by molar-refractivity contribution is 7.94. The Balaban J connectivity index is 2.20. The van der Waals surface area contributed by atoms with E-state index in [1.165, 1.54) is 0 Å². The quantitative estimate of drug-likeness (QED) is 0.839. The number of aryl methyl sites for hydroxylation is 1. The molecular formula is C14H18F3N2O2S-. The average Bonchev–Trinajstić information content (AvgIpc) is 2.39. The van der Waals surface area contributed by atoms with Gasteiger partial charge >= 0.3 is 6.18 Å². The van der Waals surface area contributed by atoms with E-state index < -0.39 is 22.0 Å². The van der Waals surface area contributed by atoms with Crippen molar-refractivity contribution in [3.8, 4) is 0 Å². The minimum Gasteiger partial charge on any atom is -0.576 e. The first-order valence-corrected chi connectivity index (χ1v) is 8.65. The molecule has 1 fully saturated rings. The molecule has 0 unspecified atom stereocenters. The van der Waals surface area contributed by atoms with Gasteiger partial charge in [-0.15, -0.1) is 5.69 Å². The van der Waals surface area contributed by atoms with Gasteiger partial charge in [-0.05, 0) is 32.3 Å². The molecule has 0 radical (unpaired) electrons. The van der Waals surface area contributed by atoms with Crippen molar-refractivity contribution >= 4 is 21.4 Å². The molecule has 4 nitrogen and oxygen atoms in total. The van der Waals surface area contributed by atoms with Gasteiger partial charge in [0.05, 0.1) is 0 Å². The molecule has 0 amide bonds. The zero-order valence-electron chi connectivity index (χ0n) is 12.2. The molecule has 22 heavy (non-hydrogen) atoms. The molecule has 0 spiro atoms. The number of nitrogens with zero attached hydrogens (tertiary/aromatic N) is 2. The molecule has 124 valence electrons. The third-order valence-corrected chi connectivity index (χ3v) is 4.66. The van der Waals surface area contributed by atoms with E-state index in [1.807, 2.05) is 6.07 Å². The van der Waals surface area contributed by atoms with Crippen LogP contribution < -0.4 is 4.90 Å². The van der Waals surface area contributed by atoms with Crippen LogP contribution in [-0.2, 0) is 10.0 Å². The van der Waals surface area contributed by atoms with Gasteiger partial charge in [-0.1, -0.05) is 17.7 Å². The molecule has 0 bridgehead atoms. The number of hydrogen-bond acceptors (Lipinski definition) is 3. The lowest BCUT2D eigenvalue weighted by Gasteiger charge is -2.31. The monoisotopic (exact) mass is 335 g/mol. The van der Waals surface area contributed by atoms with Crippen molar-refractivity contribution in [1.29, 1.82) is 0 Å². The summed E-state index contributed by atoms with van der Waals surface area (Å²) in [5.74, 6) is -1.94. The SMILES string of the molecule is Cc1ccc(N2CCCCC2)cc1[N-]S(=O)(=O)CC(F)(F)F. The lowest BCUT2D eigenvalue weighted by atomic mass is 10.1. The van der Waals surface area contributed by atoms with E-state index in [2.05, 4.69) is 9.62 Å². The zero-order valence-corrected chi connectivity index (χ0v) is 13.0. The second-order valence-corrected chi connectivity index (χ2v) is 7.09. The normalized spacial score (nSPS) is 16.6.